The van der Waals surface area contributed by atoms with E-state index in [2.05, 4.69) is 40.5 Å². The molecule has 4 aromatic heterocycles. The predicted octanol–water partition coefficient (Wildman–Crippen LogP) is 4.77. The van der Waals surface area contributed by atoms with Gasteiger partial charge in [0.25, 0.3) is 0 Å². The zero-order valence-corrected chi connectivity index (χ0v) is 15.9. The number of aromatic nitrogens is 6. The highest BCUT2D eigenvalue weighted by atomic mass is 15.3. The summed E-state index contributed by atoms with van der Waals surface area (Å²) >= 11 is 0. The molecule has 0 aliphatic carbocycles. The molecule has 6 rings (SSSR count). The molecule has 0 spiro atoms. The van der Waals surface area contributed by atoms with Crippen molar-refractivity contribution >= 4 is 11.3 Å². The molecule has 4 heterocycles. The summed E-state index contributed by atoms with van der Waals surface area (Å²) in [5.74, 6) is 1.34. The van der Waals surface area contributed by atoms with Gasteiger partial charge >= 0.3 is 0 Å². The molecule has 6 heteroatoms. The van der Waals surface area contributed by atoms with Crippen LogP contribution >= 0.6 is 0 Å². The predicted molar refractivity (Wildman–Crippen MR) is 116 cm³/mol. The van der Waals surface area contributed by atoms with E-state index in [9.17, 15) is 0 Å². The first kappa shape index (κ1) is 16.6. The van der Waals surface area contributed by atoms with Crippen molar-refractivity contribution in [3.8, 4) is 33.9 Å². The van der Waals surface area contributed by atoms with Gasteiger partial charge in [0.2, 0.25) is 0 Å². The van der Waals surface area contributed by atoms with Crippen molar-refractivity contribution in [2.45, 2.75) is 0 Å². The van der Waals surface area contributed by atoms with E-state index in [4.69, 9.17) is 9.97 Å². The molecule has 6 aromatic rings. The zero-order valence-electron chi connectivity index (χ0n) is 15.9. The van der Waals surface area contributed by atoms with E-state index in [1.807, 2.05) is 67.0 Å². The molecular weight excluding hydrogens is 372 g/mol. The van der Waals surface area contributed by atoms with Gasteiger partial charge in [0.1, 0.15) is 0 Å². The summed E-state index contributed by atoms with van der Waals surface area (Å²) in [7, 11) is 0. The van der Waals surface area contributed by atoms with Crippen LogP contribution in [0.4, 0.5) is 0 Å². The number of nitrogens with zero attached hydrogens (tertiary/aromatic N) is 6. The molecule has 0 unspecified atom stereocenters. The third-order valence-electron chi connectivity index (χ3n) is 5.04. The van der Waals surface area contributed by atoms with Gasteiger partial charge in [-0.15, -0.1) is 10.2 Å². The minimum absolute atomic E-state index is 0.670. The van der Waals surface area contributed by atoms with Crippen LogP contribution in [0.15, 0.2) is 97.3 Å². The third-order valence-corrected chi connectivity index (χ3v) is 5.04. The summed E-state index contributed by atoms with van der Waals surface area (Å²) in [6.45, 7) is 0. The summed E-state index contributed by atoms with van der Waals surface area (Å²) < 4.78 is 3.57. The lowest BCUT2D eigenvalue weighted by molar-refractivity contribution is 0.964. The van der Waals surface area contributed by atoms with Gasteiger partial charge in [0.05, 0.1) is 0 Å². The Labute approximate surface area is 172 Å². The molecule has 2 aromatic carbocycles. The fourth-order valence-corrected chi connectivity index (χ4v) is 3.59. The summed E-state index contributed by atoms with van der Waals surface area (Å²) in [6.07, 6.45) is 3.80. The first-order chi connectivity index (χ1) is 14.8. The SMILES string of the molecule is c1ccc(-c2cc(-c3nc4ccccn4n3)cc(-c3nc4ccccn4n3)c2)cc1. The monoisotopic (exact) mass is 388 g/mol. The quantitative estimate of drug-likeness (QED) is 0.438. The highest BCUT2D eigenvalue weighted by Crippen LogP contribution is 2.31. The maximum Gasteiger partial charge on any atom is 0.182 e. The molecule has 0 aliphatic heterocycles. The molecule has 0 radical (unpaired) electrons. The maximum atomic E-state index is 4.70. The Morgan fingerprint density at radius 1 is 0.467 bits per heavy atom. The maximum absolute atomic E-state index is 4.70. The number of rotatable bonds is 3. The van der Waals surface area contributed by atoms with Crippen molar-refractivity contribution in [2.75, 3.05) is 0 Å². The summed E-state index contributed by atoms with van der Waals surface area (Å²) in [5, 5.41) is 9.31. The Morgan fingerprint density at radius 3 is 1.50 bits per heavy atom. The van der Waals surface area contributed by atoms with Crippen LogP contribution in [0, 0.1) is 0 Å². The van der Waals surface area contributed by atoms with Crippen LogP contribution < -0.4 is 0 Å². The van der Waals surface area contributed by atoms with Gasteiger partial charge in [-0.2, -0.15) is 0 Å². The normalized spacial score (nSPS) is 11.3. The minimum Gasteiger partial charge on any atom is -0.221 e. The van der Waals surface area contributed by atoms with E-state index in [0.29, 0.717) is 11.6 Å². The Morgan fingerprint density at radius 2 is 0.967 bits per heavy atom. The van der Waals surface area contributed by atoms with Crippen molar-refractivity contribution in [3.05, 3.63) is 97.3 Å². The van der Waals surface area contributed by atoms with Crippen molar-refractivity contribution in [1.82, 2.24) is 29.2 Å². The fraction of sp³-hybridized carbons (Fsp3) is 0. The fourth-order valence-electron chi connectivity index (χ4n) is 3.59. The summed E-state index contributed by atoms with van der Waals surface area (Å²) in [4.78, 5) is 9.40. The Balaban J connectivity index is 1.57. The zero-order chi connectivity index (χ0) is 19.9. The number of hydrogen-bond acceptors (Lipinski definition) is 4. The van der Waals surface area contributed by atoms with E-state index in [1.165, 1.54) is 0 Å². The second kappa shape index (κ2) is 6.63. The second-order valence-electron chi connectivity index (χ2n) is 7.04. The molecule has 142 valence electrons. The number of hydrogen-bond donors (Lipinski definition) is 0. The topological polar surface area (TPSA) is 60.4 Å². The summed E-state index contributed by atoms with van der Waals surface area (Å²) in [5.41, 5.74) is 5.66. The average Bonchev–Trinajstić information content (AvgIpc) is 3.44. The van der Waals surface area contributed by atoms with Crippen LogP contribution in [0.25, 0.3) is 45.2 Å². The molecule has 0 amide bonds. The van der Waals surface area contributed by atoms with Gasteiger partial charge in [0.15, 0.2) is 22.9 Å². The second-order valence-corrected chi connectivity index (χ2v) is 7.04. The van der Waals surface area contributed by atoms with Gasteiger partial charge in [0, 0.05) is 23.5 Å². The molecule has 0 atom stereocenters. The average molecular weight is 388 g/mol. The van der Waals surface area contributed by atoms with E-state index in [1.54, 1.807) is 9.03 Å². The number of fused-ring (bicyclic) bond motifs is 2. The Hall–Kier alpha value is -4.32. The van der Waals surface area contributed by atoms with Crippen LogP contribution in [-0.4, -0.2) is 29.2 Å². The lowest BCUT2D eigenvalue weighted by atomic mass is 9.99. The first-order valence-electron chi connectivity index (χ1n) is 9.68. The standard InChI is InChI=1S/C24H16N6/c1-2-8-17(9-3-1)18-14-19(23-25-21-10-4-6-12-29(21)27-23)16-20(15-18)24-26-22-11-5-7-13-30(22)28-24/h1-16H. The van der Waals surface area contributed by atoms with Crippen LogP contribution in [0.1, 0.15) is 0 Å². The largest absolute Gasteiger partial charge is 0.221 e. The molecular formula is C24H16N6. The van der Waals surface area contributed by atoms with Crippen molar-refractivity contribution in [3.63, 3.8) is 0 Å². The molecule has 6 nitrogen and oxygen atoms in total. The van der Waals surface area contributed by atoms with Crippen LogP contribution in [0.3, 0.4) is 0 Å². The van der Waals surface area contributed by atoms with Gasteiger partial charge in [-0.05, 0) is 53.6 Å². The van der Waals surface area contributed by atoms with Gasteiger partial charge in [-0.25, -0.2) is 19.0 Å². The van der Waals surface area contributed by atoms with Gasteiger partial charge < -0.3 is 0 Å². The van der Waals surface area contributed by atoms with Crippen LogP contribution in [0.2, 0.25) is 0 Å². The Kier molecular flexibility index (Phi) is 3.67. The lowest BCUT2D eigenvalue weighted by Gasteiger charge is -2.07. The van der Waals surface area contributed by atoms with Crippen LogP contribution in [-0.2, 0) is 0 Å². The van der Waals surface area contributed by atoms with Crippen molar-refractivity contribution in [2.24, 2.45) is 0 Å². The highest BCUT2D eigenvalue weighted by molar-refractivity contribution is 5.78. The first-order valence-corrected chi connectivity index (χ1v) is 9.68. The minimum atomic E-state index is 0.670. The van der Waals surface area contributed by atoms with E-state index >= 15 is 0 Å². The molecule has 0 saturated heterocycles. The van der Waals surface area contributed by atoms with Crippen LogP contribution in [0.5, 0.6) is 0 Å². The Bertz CT molecular complexity index is 1340. The lowest BCUT2D eigenvalue weighted by Crippen LogP contribution is -1.90. The smallest absolute Gasteiger partial charge is 0.182 e. The van der Waals surface area contributed by atoms with E-state index < -0.39 is 0 Å². The van der Waals surface area contributed by atoms with Gasteiger partial charge in [-0.1, -0.05) is 42.5 Å². The molecule has 0 fully saturated rings. The highest BCUT2D eigenvalue weighted by Gasteiger charge is 2.14. The summed E-state index contributed by atoms with van der Waals surface area (Å²) in [6, 6.07) is 28.3. The third kappa shape index (κ3) is 2.82. The van der Waals surface area contributed by atoms with Crippen molar-refractivity contribution in [1.29, 1.82) is 0 Å². The van der Waals surface area contributed by atoms with Crippen molar-refractivity contribution < 1.29 is 0 Å². The molecule has 30 heavy (non-hydrogen) atoms. The molecule has 0 bridgehead atoms. The molecule has 0 N–H and O–H groups in total. The number of benzene rings is 2. The molecule has 0 aliphatic rings. The molecule has 0 saturated carbocycles. The van der Waals surface area contributed by atoms with E-state index in [-0.39, 0.29) is 0 Å². The number of pyridine rings is 2. The van der Waals surface area contributed by atoms with E-state index in [0.717, 1.165) is 33.5 Å². The van der Waals surface area contributed by atoms with Gasteiger partial charge in [-0.3, -0.25) is 0 Å².